The van der Waals surface area contributed by atoms with E-state index >= 15 is 0 Å². The van der Waals surface area contributed by atoms with Crippen LogP contribution in [-0.2, 0) is 0 Å². The van der Waals surface area contributed by atoms with Crippen molar-refractivity contribution >= 4 is 17.5 Å². The van der Waals surface area contributed by atoms with Gasteiger partial charge in [0.2, 0.25) is 0 Å². The highest BCUT2D eigenvalue weighted by molar-refractivity contribution is 5.99. The number of aryl methyl sites for hydroxylation is 1. The van der Waals surface area contributed by atoms with Gasteiger partial charge in [0.1, 0.15) is 11.6 Å². The summed E-state index contributed by atoms with van der Waals surface area (Å²) < 4.78 is 21.8. The molecule has 0 spiro atoms. The number of carbonyl (C=O) groups excluding carboxylic acids is 1. The van der Waals surface area contributed by atoms with Gasteiger partial charge in [-0.2, -0.15) is 5.10 Å². The van der Waals surface area contributed by atoms with Crippen molar-refractivity contribution in [2.45, 2.75) is 32.1 Å². The van der Waals surface area contributed by atoms with Gasteiger partial charge in [0.25, 0.3) is 0 Å². The van der Waals surface area contributed by atoms with E-state index in [4.69, 9.17) is 9.84 Å². The molecule has 0 radical (unpaired) electrons. The lowest BCUT2D eigenvalue weighted by molar-refractivity contribution is 0.262. The van der Waals surface area contributed by atoms with E-state index in [1.807, 2.05) is 37.3 Å². The van der Waals surface area contributed by atoms with E-state index in [2.05, 4.69) is 15.6 Å². The Morgan fingerprint density at radius 2 is 1.88 bits per heavy atom. The molecule has 0 atom stereocenters. The van der Waals surface area contributed by atoms with Crippen LogP contribution in [0.25, 0.3) is 5.69 Å². The van der Waals surface area contributed by atoms with E-state index in [0.717, 1.165) is 29.8 Å². The Morgan fingerprint density at radius 3 is 2.59 bits per heavy atom. The van der Waals surface area contributed by atoms with Gasteiger partial charge in [-0.1, -0.05) is 18.6 Å². The summed E-state index contributed by atoms with van der Waals surface area (Å²) in [4.78, 5) is 16.7. The van der Waals surface area contributed by atoms with Crippen LogP contribution in [0.3, 0.4) is 0 Å². The standard InChI is InChI=1S/C26H24FN5O2/c1-17-4-2-7-20(14-17)32-25(16-23(31-32)18-5-3-6-18)30-26(33)29-19-8-9-24(22(27)15-19)34-21-10-12-28-13-11-21/h2,4,7-16,18H,3,5-6H2,1H3,(H2,29,30,33). The second-order valence-electron chi connectivity index (χ2n) is 8.34. The molecule has 4 aromatic rings. The Morgan fingerprint density at radius 1 is 1.06 bits per heavy atom. The normalized spacial score (nSPS) is 13.2. The van der Waals surface area contributed by atoms with Crippen LogP contribution in [0, 0.1) is 12.7 Å². The van der Waals surface area contributed by atoms with Crippen LogP contribution in [0.4, 0.5) is 20.7 Å². The SMILES string of the molecule is Cc1cccc(-n2nc(C3CCC3)cc2NC(=O)Nc2ccc(Oc3ccncc3)c(F)c2)c1. The molecular formula is C26H24FN5O2. The average molecular weight is 458 g/mol. The third-order valence-corrected chi connectivity index (χ3v) is 5.81. The van der Waals surface area contributed by atoms with E-state index in [9.17, 15) is 9.18 Å². The molecule has 34 heavy (non-hydrogen) atoms. The minimum absolute atomic E-state index is 0.0554. The number of carbonyl (C=O) groups is 1. The summed E-state index contributed by atoms with van der Waals surface area (Å²) in [6.07, 6.45) is 6.52. The van der Waals surface area contributed by atoms with E-state index < -0.39 is 11.8 Å². The number of ether oxygens (including phenoxy) is 1. The number of urea groups is 1. The van der Waals surface area contributed by atoms with Crippen LogP contribution in [0.1, 0.15) is 36.4 Å². The molecule has 2 aromatic carbocycles. The number of nitrogens with one attached hydrogen (secondary N) is 2. The van der Waals surface area contributed by atoms with Gasteiger partial charge in [-0.3, -0.25) is 10.3 Å². The Kier molecular flexibility index (Phi) is 5.95. The Balaban J connectivity index is 1.32. The van der Waals surface area contributed by atoms with Crippen molar-refractivity contribution < 1.29 is 13.9 Å². The van der Waals surface area contributed by atoms with Gasteiger partial charge in [0.15, 0.2) is 11.6 Å². The molecule has 2 heterocycles. The van der Waals surface area contributed by atoms with Crippen molar-refractivity contribution in [1.82, 2.24) is 14.8 Å². The first kappa shape index (κ1) is 21.6. The van der Waals surface area contributed by atoms with Gasteiger partial charge in [0.05, 0.1) is 11.4 Å². The van der Waals surface area contributed by atoms with Crippen LogP contribution in [0.5, 0.6) is 11.5 Å². The molecule has 1 aliphatic carbocycles. The summed E-state index contributed by atoms with van der Waals surface area (Å²) in [6, 6.07) is 16.9. The van der Waals surface area contributed by atoms with Crippen molar-refractivity contribution in [2.24, 2.45) is 0 Å². The Labute approximate surface area is 196 Å². The van der Waals surface area contributed by atoms with Crippen LogP contribution < -0.4 is 15.4 Å². The molecule has 2 amide bonds. The van der Waals surface area contributed by atoms with Gasteiger partial charge in [-0.05, 0) is 61.7 Å². The summed E-state index contributed by atoms with van der Waals surface area (Å²) in [5.41, 5.74) is 3.23. The summed E-state index contributed by atoms with van der Waals surface area (Å²) in [5, 5.41) is 10.3. The number of amides is 2. The predicted molar refractivity (Wildman–Crippen MR) is 128 cm³/mol. The van der Waals surface area contributed by atoms with Crippen molar-refractivity contribution in [3.05, 3.63) is 90.1 Å². The van der Waals surface area contributed by atoms with E-state index in [0.29, 0.717) is 23.2 Å². The topological polar surface area (TPSA) is 81.1 Å². The molecule has 1 fully saturated rings. The molecule has 172 valence electrons. The third kappa shape index (κ3) is 4.76. The first-order valence-corrected chi connectivity index (χ1v) is 11.2. The van der Waals surface area contributed by atoms with Gasteiger partial charge in [-0.25, -0.2) is 13.9 Å². The smallest absolute Gasteiger partial charge is 0.324 e. The maximum Gasteiger partial charge on any atom is 0.324 e. The van der Waals surface area contributed by atoms with Gasteiger partial charge in [0, 0.05) is 36.1 Å². The molecule has 1 aliphatic rings. The summed E-state index contributed by atoms with van der Waals surface area (Å²) in [6.45, 7) is 2.01. The highest BCUT2D eigenvalue weighted by Crippen LogP contribution is 2.37. The zero-order chi connectivity index (χ0) is 23.5. The summed E-state index contributed by atoms with van der Waals surface area (Å²) in [7, 11) is 0. The Hall–Kier alpha value is -4.20. The van der Waals surface area contributed by atoms with Crippen LogP contribution >= 0.6 is 0 Å². The van der Waals surface area contributed by atoms with Crippen molar-refractivity contribution in [3.8, 4) is 17.2 Å². The zero-order valence-corrected chi connectivity index (χ0v) is 18.7. The first-order valence-electron chi connectivity index (χ1n) is 11.2. The number of aromatic nitrogens is 3. The van der Waals surface area contributed by atoms with Gasteiger partial charge < -0.3 is 10.1 Å². The first-order chi connectivity index (χ1) is 16.5. The largest absolute Gasteiger partial charge is 0.454 e. The summed E-state index contributed by atoms with van der Waals surface area (Å²) in [5.74, 6) is 0.908. The number of benzene rings is 2. The molecule has 2 aromatic heterocycles. The predicted octanol–water partition coefficient (Wildman–Crippen LogP) is 6.42. The molecule has 0 saturated heterocycles. The molecule has 1 saturated carbocycles. The fraction of sp³-hybridized carbons (Fsp3) is 0.192. The maximum atomic E-state index is 14.5. The number of pyridine rings is 1. The Bertz CT molecular complexity index is 1320. The van der Waals surface area contributed by atoms with Crippen molar-refractivity contribution in [2.75, 3.05) is 10.6 Å². The minimum Gasteiger partial charge on any atom is -0.454 e. The van der Waals surface area contributed by atoms with Gasteiger partial charge >= 0.3 is 6.03 Å². The quantitative estimate of drug-likeness (QED) is 0.350. The summed E-state index contributed by atoms with van der Waals surface area (Å²) >= 11 is 0. The lowest BCUT2D eigenvalue weighted by atomic mass is 9.83. The van der Waals surface area contributed by atoms with Crippen LogP contribution in [-0.4, -0.2) is 20.8 Å². The second kappa shape index (κ2) is 9.35. The highest BCUT2D eigenvalue weighted by atomic mass is 19.1. The molecule has 0 unspecified atom stereocenters. The third-order valence-electron chi connectivity index (χ3n) is 5.81. The molecule has 2 N–H and O–H groups in total. The van der Waals surface area contributed by atoms with Crippen LogP contribution in [0.15, 0.2) is 73.1 Å². The number of hydrogen-bond acceptors (Lipinski definition) is 4. The number of nitrogens with zero attached hydrogens (tertiary/aromatic N) is 3. The lowest BCUT2D eigenvalue weighted by Gasteiger charge is -2.22. The van der Waals surface area contributed by atoms with E-state index in [1.165, 1.54) is 18.6 Å². The molecule has 5 rings (SSSR count). The fourth-order valence-electron chi connectivity index (χ4n) is 3.82. The van der Waals surface area contributed by atoms with E-state index in [1.54, 1.807) is 35.3 Å². The maximum absolute atomic E-state index is 14.5. The van der Waals surface area contributed by atoms with Crippen molar-refractivity contribution in [1.29, 1.82) is 0 Å². The molecule has 0 bridgehead atoms. The second-order valence-corrected chi connectivity index (χ2v) is 8.34. The fourth-order valence-corrected chi connectivity index (χ4v) is 3.82. The zero-order valence-electron chi connectivity index (χ0n) is 18.7. The molecule has 8 heteroatoms. The van der Waals surface area contributed by atoms with Gasteiger partial charge in [-0.15, -0.1) is 0 Å². The minimum atomic E-state index is -0.591. The number of halogens is 1. The number of rotatable bonds is 6. The molecular weight excluding hydrogens is 433 g/mol. The lowest BCUT2D eigenvalue weighted by Crippen LogP contribution is -2.21. The average Bonchev–Trinajstić information content (AvgIpc) is 3.18. The number of anilines is 2. The number of hydrogen-bond donors (Lipinski definition) is 2. The molecule has 0 aliphatic heterocycles. The van der Waals surface area contributed by atoms with Crippen LogP contribution in [0.2, 0.25) is 0 Å². The highest BCUT2D eigenvalue weighted by Gasteiger charge is 2.24. The van der Waals surface area contributed by atoms with E-state index in [-0.39, 0.29) is 5.75 Å². The molecule has 7 nitrogen and oxygen atoms in total. The van der Waals surface area contributed by atoms with Crippen molar-refractivity contribution in [3.63, 3.8) is 0 Å². The monoisotopic (exact) mass is 457 g/mol.